The average Bonchev–Trinajstić information content (AvgIpc) is 3.38. The highest BCUT2D eigenvalue weighted by Crippen LogP contribution is 2.38. The van der Waals surface area contributed by atoms with Crippen LogP contribution in [0.4, 0.5) is 4.39 Å². The van der Waals surface area contributed by atoms with Gasteiger partial charge in [0, 0.05) is 73.3 Å². The topological polar surface area (TPSA) is 102 Å². The zero-order valence-corrected chi connectivity index (χ0v) is 21.7. The Balaban J connectivity index is 1.40. The molecule has 1 N–H and O–H groups in total. The maximum atomic E-state index is 15.5. The van der Waals surface area contributed by atoms with Crippen LogP contribution in [0.3, 0.4) is 0 Å². The summed E-state index contributed by atoms with van der Waals surface area (Å²) in [6.45, 7) is 5.90. The molecule has 1 aliphatic rings. The summed E-state index contributed by atoms with van der Waals surface area (Å²) in [5.41, 5.74) is 3.88. The number of hydrogen-bond donors (Lipinski definition) is 1. The van der Waals surface area contributed by atoms with Crippen molar-refractivity contribution in [1.82, 2.24) is 29.5 Å². The second kappa shape index (κ2) is 10.4. The van der Waals surface area contributed by atoms with Crippen molar-refractivity contribution in [3.05, 3.63) is 66.6 Å². The molecule has 0 atom stereocenters. The molecule has 4 heterocycles. The van der Waals surface area contributed by atoms with E-state index in [0.29, 0.717) is 34.7 Å². The molecule has 3 aromatic heterocycles. The molecule has 11 heteroatoms. The molecule has 39 heavy (non-hydrogen) atoms. The van der Waals surface area contributed by atoms with Crippen LogP contribution in [-0.2, 0) is 0 Å². The molecular formula is C28H28FN7O3. The zero-order chi connectivity index (χ0) is 26.9. The number of benzene rings is 2. The predicted octanol–water partition coefficient (Wildman–Crippen LogP) is 3.54. The zero-order valence-electron chi connectivity index (χ0n) is 21.7. The normalized spacial score (nSPS) is 14.3. The van der Waals surface area contributed by atoms with Crippen LogP contribution in [0.15, 0.2) is 55.1 Å². The van der Waals surface area contributed by atoms with Crippen LogP contribution < -0.4 is 14.5 Å². The van der Waals surface area contributed by atoms with Crippen LogP contribution in [0.25, 0.3) is 33.1 Å². The predicted molar refractivity (Wildman–Crippen MR) is 145 cm³/mol. The van der Waals surface area contributed by atoms with Gasteiger partial charge in [-0.25, -0.2) is 24.0 Å². The number of pyridine rings is 1. The average molecular weight is 530 g/mol. The van der Waals surface area contributed by atoms with E-state index in [-0.39, 0.29) is 12.6 Å². The number of ether oxygens (including phenoxy) is 2. The maximum absolute atomic E-state index is 15.5. The lowest BCUT2D eigenvalue weighted by atomic mass is 10.0. The van der Waals surface area contributed by atoms with Gasteiger partial charge in [0.25, 0.3) is 0 Å². The molecule has 200 valence electrons. The molecular weight excluding hydrogens is 501 g/mol. The van der Waals surface area contributed by atoms with E-state index in [9.17, 15) is 5.11 Å². The smallest absolute Gasteiger partial charge is 0.322 e. The number of β-amino-alcohol motifs (C(OH)–C–C–N with tert-alkyl or cyclic N) is 1. The van der Waals surface area contributed by atoms with Gasteiger partial charge in [-0.1, -0.05) is 0 Å². The summed E-state index contributed by atoms with van der Waals surface area (Å²) in [5.74, 6) is 0.518. The first kappa shape index (κ1) is 25.0. The largest absolute Gasteiger partial charge is 0.496 e. The van der Waals surface area contributed by atoms with Crippen molar-refractivity contribution in [1.29, 1.82) is 0 Å². The van der Waals surface area contributed by atoms with Crippen molar-refractivity contribution >= 4 is 21.9 Å². The van der Waals surface area contributed by atoms with Crippen molar-refractivity contribution in [2.75, 3.05) is 51.4 Å². The Morgan fingerprint density at radius 1 is 0.974 bits per heavy atom. The van der Waals surface area contributed by atoms with Gasteiger partial charge in [-0.05, 0) is 31.2 Å². The molecule has 0 amide bonds. The first-order chi connectivity index (χ1) is 19.0. The van der Waals surface area contributed by atoms with Crippen molar-refractivity contribution in [3.63, 3.8) is 0 Å². The third-order valence-corrected chi connectivity index (χ3v) is 6.96. The number of aliphatic hydroxyl groups is 1. The van der Waals surface area contributed by atoms with Crippen molar-refractivity contribution in [2.45, 2.75) is 6.92 Å². The van der Waals surface area contributed by atoms with E-state index >= 15 is 4.39 Å². The van der Waals surface area contributed by atoms with E-state index in [1.165, 1.54) is 13.2 Å². The Bertz CT molecular complexity index is 1650. The van der Waals surface area contributed by atoms with E-state index < -0.39 is 5.82 Å². The number of piperazine rings is 1. The van der Waals surface area contributed by atoms with Gasteiger partial charge in [-0.2, -0.15) is 0 Å². The van der Waals surface area contributed by atoms with Gasteiger partial charge in [0.15, 0.2) is 0 Å². The number of methoxy groups -OCH3 is 1. The first-order valence-electron chi connectivity index (χ1n) is 12.7. The molecule has 0 aliphatic carbocycles. The van der Waals surface area contributed by atoms with Gasteiger partial charge < -0.3 is 19.6 Å². The van der Waals surface area contributed by atoms with Crippen LogP contribution in [0, 0.1) is 12.7 Å². The van der Waals surface area contributed by atoms with Crippen molar-refractivity contribution < 1.29 is 19.0 Å². The van der Waals surface area contributed by atoms with E-state index in [1.807, 2.05) is 17.7 Å². The molecule has 1 fully saturated rings. The minimum atomic E-state index is -0.410. The summed E-state index contributed by atoms with van der Waals surface area (Å²) < 4.78 is 29.0. The van der Waals surface area contributed by atoms with Crippen LogP contribution in [-0.4, -0.2) is 81.1 Å². The Hall–Kier alpha value is -4.35. The summed E-state index contributed by atoms with van der Waals surface area (Å²) >= 11 is 0. The molecule has 10 nitrogen and oxygen atoms in total. The SMILES string of the molecule is COc1cc(Oc2nccc(C)n2)ccc1-c1cc2c(cc1F)ncc1ncn(N3CCN(CCO)CC3)c12. The van der Waals surface area contributed by atoms with Crippen molar-refractivity contribution in [3.8, 4) is 28.6 Å². The second-order valence-electron chi connectivity index (χ2n) is 9.39. The molecule has 0 unspecified atom stereocenters. The number of halogens is 1. The molecule has 1 saturated heterocycles. The van der Waals surface area contributed by atoms with Gasteiger partial charge >= 0.3 is 6.01 Å². The molecule has 5 aromatic rings. The first-order valence-corrected chi connectivity index (χ1v) is 12.7. The summed E-state index contributed by atoms with van der Waals surface area (Å²) in [6.07, 6.45) is 5.09. The second-order valence-corrected chi connectivity index (χ2v) is 9.39. The third-order valence-electron chi connectivity index (χ3n) is 6.96. The minimum absolute atomic E-state index is 0.148. The number of aliphatic hydroxyl groups excluding tert-OH is 1. The third kappa shape index (κ3) is 4.82. The molecule has 0 saturated carbocycles. The molecule has 0 radical (unpaired) electrons. The fourth-order valence-corrected chi connectivity index (χ4v) is 4.98. The van der Waals surface area contributed by atoms with E-state index in [2.05, 4.69) is 29.8 Å². The standard InChI is InChI=1S/C28H28FN7O3/c1-18-5-6-30-28(33-18)39-19-3-4-20(26(13-19)38-2)21-14-22-24(15-23(21)29)31-16-25-27(22)36(17-32-25)35-9-7-34(8-10-35)11-12-37/h3-6,13-17,37H,7-12H2,1-2H3. The number of hydrogen-bond acceptors (Lipinski definition) is 9. The Morgan fingerprint density at radius 2 is 1.82 bits per heavy atom. The Labute approximate surface area is 224 Å². The van der Waals surface area contributed by atoms with Crippen LogP contribution >= 0.6 is 0 Å². The highest BCUT2D eigenvalue weighted by Gasteiger charge is 2.21. The van der Waals surface area contributed by atoms with Gasteiger partial charge in [-0.15, -0.1) is 0 Å². The number of imidazole rings is 1. The van der Waals surface area contributed by atoms with Gasteiger partial charge in [0.2, 0.25) is 0 Å². The molecule has 1 aliphatic heterocycles. The van der Waals surface area contributed by atoms with Crippen LogP contribution in [0.5, 0.6) is 17.5 Å². The van der Waals surface area contributed by atoms with E-state index in [0.717, 1.165) is 48.3 Å². The van der Waals surface area contributed by atoms with Gasteiger partial charge in [0.1, 0.15) is 34.7 Å². The molecule has 0 spiro atoms. The van der Waals surface area contributed by atoms with E-state index in [1.54, 1.807) is 43.0 Å². The fourth-order valence-electron chi connectivity index (χ4n) is 4.98. The Kier molecular flexibility index (Phi) is 6.67. The summed E-state index contributed by atoms with van der Waals surface area (Å²) in [4.78, 5) is 19.7. The minimum Gasteiger partial charge on any atom is -0.496 e. The lowest BCUT2D eigenvalue weighted by Crippen LogP contribution is -2.51. The quantitative estimate of drug-likeness (QED) is 0.339. The Morgan fingerprint density at radius 3 is 2.59 bits per heavy atom. The molecule has 0 bridgehead atoms. The van der Waals surface area contributed by atoms with Gasteiger partial charge in [0.05, 0.1) is 25.4 Å². The number of nitrogens with zero attached hydrogens (tertiary/aromatic N) is 7. The highest BCUT2D eigenvalue weighted by molar-refractivity contribution is 6.04. The lowest BCUT2D eigenvalue weighted by Gasteiger charge is -2.36. The highest BCUT2D eigenvalue weighted by atomic mass is 19.1. The molecule has 6 rings (SSSR count). The number of fused-ring (bicyclic) bond motifs is 3. The molecule has 2 aromatic carbocycles. The summed E-state index contributed by atoms with van der Waals surface area (Å²) in [7, 11) is 1.54. The van der Waals surface area contributed by atoms with Gasteiger partial charge in [-0.3, -0.25) is 9.88 Å². The van der Waals surface area contributed by atoms with Crippen molar-refractivity contribution in [2.24, 2.45) is 0 Å². The maximum Gasteiger partial charge on any atom is 0.322 e. The van der Waals surface area contributed by atoms with Crippen LogP contribution in [0.2, 0.25) is 0 Å². The van der Waals surface area contributed by atoms with Crippen LogP contribution in [0.1, 0.15) is 5.69 Å². The summed E-state index contributed by atoms with van der Waals surface area (Å²) in [5, 5.41) is 12.3. The number of rotatable bonds is 7. The lowest BCUT2D eigenvalue weighted by molar-refractivity contribution is 0.181. The summed E-state index contributed by atoms with van der Waals surface area (Å²) in [6, 6.07) is 10.5. The number of aromatic nitrogens is 5. The number of aryl methyl sites for hydroxylation is 1. The monoisotopic (exact) mass is 529 g/mol. The fraction of sp³-hybridized carbons (Fsp3) is 0.286. The van der Waals surface area contributed by atoms with E-state index in [4.69, 9.17) is 9.47 Å².